The van der Waals surface area contributed by atoms with Crippen molar-refractivity contribution in [2.45, 2.75) is 25.8 Å². The van der Waals surface area contributed by atoms with Gasteiger partial charge in [-0.3, -0.25) is 0 Å². The highest BCUT2D eigenvalue weighted by Gasteiger charge is 2.16. The summed E-state index contributed by atoms with van der Waals surface area (Å²) < 4.78 is 1.80. The average molecular weight is 349 g/mol. The molecule has 2 atom stereocenters. The Hall–Kier alpha value is -2.73. The summed E-state index contributed by atoms with van der Waals surface area (Å²) in [6.07, 6.45) is 0. The lowest BCUT2D eigenvalue weighted by molar-refractivity contribution is 0.645. The first-order chi connectivity index (χ1) is 12.2. The van der Waals surface area contributed by atoms with Crippen molar-refractivity contribution in [3.8, 4) is 11.4 Å². The third kappa shape index (κ3) is 3.13. The lowest BCUT2D eigenvalue weighted by Crippen LogP contribution is -2.23. The van der Waals surface area contributed by atoms with E-state index in [2.05, 4.69) is 59.0 Å². The number of fused-ring (bicyclic) bond motifs is 1. The summed E-state index contributed by atoms with van der Waals surface area (Å²) >= 11 is 1.64. The van der Waals surface area contributed by atoms with Crippen LogP contribution in [0.3, 0.4) is 0 Å². The van der Waals surface area contributed by atoms with E-state index >= 15 is 0 Å². The van der Waals surface area contributed by atoms with E-state index in [-0.39, 0.29) is 6.04 Å². The predicted molar refractivity (Wildman–Crippen MR) is 102 cm³/mol. The van der Waals surface area contributed by atoms with Gasteiger partial charge in [0.2, 0.25) is 0 Å². The lowest BCUT2D eigenvalue weighted by Gasteiger charge is -2.22. The number of thiophene rings is 1. The standard InChI is InChI=1S/C19H19N5S/c1-13(15-6-4-3-5-7-15)14(2)20-17-8-9-18-21-22-19(24(18)23-17)16-10-11-25-12-16/h3-14H,1-2H3,(H,20,23). The molecule has 0 aliphatic rings. The minimum Gasteiger partial charge on any atom is -0.366 e. The molecular formula is C19H19N5S. The molecule has 6 heteroatoms. The van der Waals surface area contributed by atoms with E-state index in [4.69, 9.17) is 5.10 Å². The van der Waals surface area contributed by atoms with Gasteiger partial charge in [-0.05, 0) is 36.1 Å². The zero-order valence-corrected chi connectivity index (χ0v) is 14.9. The molecule has 0 aliphatic heterocycles. The molecule has 0 saturated heterocycles. The Morgan fingerprint density at radius 3 is 2.60 bits per heavy atom. The smallest absolute Gasteiger partial charge is 0.186 e. The fourth-order valence-electron chi connectivity index (χ4n) is 2.84. The Kier molecular flexibility index (Phi) is 4.19. The molecule has 2 unspecified atom stereocenters. The van der Waals surface area contributed by atoms with Gasteiger partial charge in [-0.2, -0.15) is 15.9 Å². The number of nitrogens with zero attached hydrogens (tertiary/aromatic N) is 4. The molecule has 5 nitrogen and oxygen atoms in total. The van der Waals surface area contributed by atoms with Gasteiger partial charge in [-0.25, -0.2) is 0 Å². The Bertz CT molecular complexity index is 962. The summed E-state index contributed by atoms with van der Waals surface area (Å²) in [4.78, 5) is 0. The first-order valence-corrected chi connectivity index (χ1v) is 9.23. The van der Waals surface area contributed by atoms with E-state index in [1.807, 2.05) is 29.6 Å². The average Bonchev–Trinajstić information content (AvgIpc) is 3.30. The minimum atomic E-state index is 0.244. The van der Waals surface area contributed by atoms with Crippen molar-refractivity contribution in [1.82, 2.24) is 19.8 Å². The molecule has 3 heterocycles. The molecule has 0 bridgehead atoms. The second-order valence-corrected chi connectivity index (χ2v) is 6.94. The Balaban J connectivity index is 1.60. The van der Waals surface area contributed by atoms with Gasteiger partial charge in [-0.15, -0.1) is 15.3 Å². The fraction of sp³-hybridized carbons (Fsp3) is 0.211. The van der Waals surface area contributed by atoms with E-state index in [9.17, 15) is 0 Å². The monoisotopic (exact) mass is 349 g/mol. The van der Waals surface area contributed by atoms with E-state index in [1.165, 1.54) is 5.56 Å². The Morgan fingerprint density at radius 2 is 1.84 bits per heavy atom. The lowest BCUT2D eigenvalue weighted by atomic mass is 9.94. The maximum atomic E-state index is 4.69. The molecule has 4 rings (SSSR count). The zero-order valence-electron chi connectivity index (χ0n) is 14.1. The van der Waals surface area contributed by atoms with Crippen LogP contribution in [-0.4, -0.2) is 25.9 Å². The van der Waals surface area contributed by atoms with E-state index in [1.54, 1.807) is 15.9 Å². The van der Waals surface area contributed by atoms with Gasteiger partial charge >= 0.3 is 0 Å². The molecule has 0 aliphatic carbocycles. The van der Waals surface area contributed by atoms with Gasteiger partial charge in [0.1, 0.15) is 5.82 Å². The van der Waals surface area contributed by atoms with Crippen LogP contribution in [0.25, 0.3) is 17.0 Å². The molecule has 0 spiro atoms. The fourth-order valence-corrected chi connectivity index (χ4v) is 3.48. The first kappa shape index (κ1) is 15.8. The molecule has 3 aromatic heterocycles. The van der Waals surface area contributed by atoms with Crippen LogP contribution in [0.1, 0.15) is 25.3 Å². The summed E-state index contributed by atoms with van der Waals surface area (Å²) in [6.45, 7) is 4.40. The summed E-state index contributed by atoms with van der Waals surface area (Å²) in [7, 11) is 0. The summed E-state index contributed by atoms with van der Waals surface area (Å²) in [6, 6.07) is 16.7. The third-order valence-corrected chi connectivity index (χ3v) is 5.18. The molecule has 0 fully saturated rings. The van der Waals surface area contributed by atoms with Crippen LogP contribution in [-0.2, 0) is 0 Å². The van der Waals surface area contributed by atoms with Gasteiger partial charge in [0.05, 0.1) is 0 Å². The molecule has 0 amide bonds. The molecule has 25 heavy (non-hydrogen) atoms. The molecule has 1 N–H and O–H groups in total. The van der Waals surface area contributed by atoms with Crippen molar-refractivity contribution >= 4 is 22.8 Å². The summed E-state index contributed by atoms with van der Waals surface area (Å²) in [5.41, 5.74) is 3.09. The highest BCUT2D eigenvalue weighted by Crippen LogP contribution is 2.23. The van der Waals surface area contributed by atoms with E-state index in [0.717, 1.165) is 22.9 Å². The van der Waals surface area contributed by atoms with Gasteiger partial charge in [-0.1, -0.05) is 37.3 Å². The number of nitrogens with one attached hydrogen (secondary N) is 1. The zero-order chi connectivity index (χ0) is 17.2. The molecular weight excluding hydrogens is 330 g/mol. The summed E-state index contributed by atoms with van der Waals surface area (Å²) in [5.74, 6) is 1.96. The predicted octanol–water partition coefficient (Wildman–Crippen LogP) is 4.46. The maximum Gasteiger partial charge on any atom is 0.186 e. The Morgan fingerprint density at radius 1 is 1.00 bits per heavy atom. The van der Waals surface area contributed by atoms with Gasteiger partial charge in [0, 0.05) is 22.9 Å². The van der Waals surface area contributed by atoms with Crippen molar-refractivity contribution in [3.63, 3.8) is 0 Å². The van der Waals surface area contributed by atoms with Crippen LogP contribution in [0, 0.1) is 0 Å². The number of anilines is 1. The van der Waals surface area contributed by atoms with Crippen molar-refractivity contribution in [1.29, 1.82) is 0 Å². The van der Waals surface area contributed by atoms with Crippen LogP contribution in [0.15, 0.2) is 59.3 Å². The van der Waals surface area contributed by atoms with Crippen molar-refractivity contribution in [2.24, 2.45) is 0 Å². The largest absolute Gasteiger partial charge is 0.366 e. The highest BCUT2D eigenvalue weighted by molar-refractivity contribution is 7.08. The normalized spacial score (nSPS) is 13.7. The van der Waals surface area contributed by atoms with Crippen molar-refractivity contribution in [3.05, 3.63) is 64.9 Å². The maximum absolute atomic E-state index is 4.69. The van der Waals surface area contributed by atoms with E-state index < -0.39 is 0 Å². The number of benzene rings is 1. The van der Waals surface area contributed by atoms with Gasteiger partial charge < -0.3 is 5.32 Å². The number of hydrogen-bond acceptors (Lipinski definition) is 5. The quantitative estimate of drug-likeness (QED) is 0.578. The molecule has 0 saturated carbocycles. The molecule has 0 radical (unpaired) electrons. The van der Waals surface area contributed by atoms with Gasteiger partial charge in [0.15, 0.2) is 11.5 Å². The summed E-state index contributed by atoms with van der Waals surface area (Å²) in [5, 5.41) is 20.8. The van der Waals surface area contributed by atoms with Crippen LogP contribution >= 0.6 is 11.3 Å². The van der Waals surface area contributed by atoms with Gasteiger partial charge in [0.25, 0.3) is 0 Å². The second-order valence-electron chi connectivity index (χ2n) is 6.16. The highest BCUT2D eigenvalue weighted by atomic mass is 32.1. The molecule has 4 aromatic rings. The van der Waals surface area contributed by atoms with Crippen molar-refractivity contribution < 1.29 is 0 Å². The first-order valence-electron chi connectivity index (χ1n) is 8.29. The number of rotatable bonds is 5. The van der Waals surface area contributed by atoms with E-state index in [0.29, 0.717) is 5.92 Å². The minimum absolute atomic E-state index is 0.244. The Labute approximate surface area is 150 Å². The number of hydrogen-bond donors (Lipinski definition) is 1. The SMILES string of the molecule is CC(Nc1ccc2nnc(-c3ccsc3)n2n1)C(C)c1ccccc1. The number of aromatic nitrogens is 4. The third-order valence-electron chi connectivity index (χ3n) is 4.49. The van der Waals surface area contributed by atoms with Crippen LogP contribution in [0.5, 0.6) is 0 Å². The van der Waals surface area contributed by atoms with Crippen LogP contribution in [0.2, 0.25) is 0 Å². The molecule has 1 aromatic carbocycles. The topological polar surface area (TPSA) is 55.1 Å². The molecule has 126 valence electrons. The van der Waals surface area contributed by atoms with Crippen LogP contribution in [0.4, 0.5) is 5.82 Å². The van der Waals surface area contributed by atoms with Crippen molar-refractivity contribution in [2.75, 3.05) is 5.32 Å². The van der Waals surface area contributed by atoms with Crippen LogP contribution < -0.4 is 5.32 Å². The second kappa shape index (κ2) is 6.64.